The number of benzene rings is 2. The molecule has 0 aliphatic carbocycles. The number of carboxylic acid groups (broad SMARTS) is 1. The van der Waals surface area contributed by atoms with Crippen LogP contribution in [-0.4, -0.2) is 29.1 Å². The molecule has 1 radical (unpaired) electrons. The molecule has 0 saturated carbocycles. The van der Waals surface area contributed by atoms with Crippen molar-refractivity contribution in [1.29, 1.82) is 0 Å². The maximum atomic E-state index is 12.0. The third-order valence-electron chi connectivity index (χ3n) is 3.27. The Balaban J connectivity index is 0. The van der Waals surface area contributed by atoms with Crippen LogP contribution in [0.3, 0.4) is 0 Å². The van der Waals surface area contributed by atoms with Gasteiger partial charge in [0.25, 0.3) is 5.91 Å². The molecule has 6 nitrogen and oxygen atoms in total. The Bertz CT molecular complexity index is 806. The van der Waals surface area contributed by atoms with Gasteiger partial charge >= 0.3 is 103 Å². The van der Waals surface area contributed by atoms with Gasteiger partial charge in [-0.2, -0.15) is 0 Å². The van der Waals surface area contributed by atoms with Crippen LogP contribution in [0.25, 0.3) is 0 Å². The van der Waals surface area contributed by atoms with Crippen LogP contribution in [0.1, 0.15) is 11.1 Å². The first-order valence-electron chi connectivity index (χ1n) is 6.51. The molecular formula is C16H11ClCuK2N2O4. The zero-order valence-electron chi connectivity index (χ0n) is 14.0. The molecule has 129 valence electrons. The SMILES string of the molecule is O=C([O-])C1N=C(c2ccccc2)c2cc(Cl)ccc2NC1=O.[Cu].[K+].[K+].[OH-]. The molecule has 1 aliphatic heterocycles. The quantitative estimate of drug-likeness (QED) is 0.349. The fourth-order valence-electron chi connectivity index (χ4n) is 2.27. The van der Waals surface area contributed by atoms with Gasteiger partial charge in [0.05, 0.1) is 17.4 Å². The van der Waals surface area contributed by atoms with E-state index in [4.69, 9.17) is 11.6 Å². The number of anilines is 1. The van der Waals surface area contributed by atoms with E-state index in [1.165, 1.54) is 0 Å². The Labute approximate surface area is 251 Å². The van der Waals surface area contributed by atoms with Gasteiger partial charge in [0.1, 0.15) is 0 Å². The third kappa shape index (κ3) is 6.86. The monoisotopic (exact) mass is 471 g/mol. The number of nitrogens with one attached hydrogen (secondary N) is 1. The average Bonchev–Trinajstić information content (AvgIpc) is 2.64. The number of amides is 1. The minimum absolute atomic E-state index is 0. The second kappa shape index (κ2) is 13.3. The van der Waals surface area contributed by atoms with Crippen molar-refractivity contribution in [2.24, 2.45) is 4.99 Å². The summed E-state index contributed by atoms with van der Waals surface area (Å²) in [5.74, 6) is -2.29. The number of aliphatic carboxylic acids is 1. The van der Waals surface area contributed by atoms with Gasteiger partial charge in [-0.15, -0.1) is 0 Å². The van der Waals surface area contributed by atoms with E-state index in [0.717, 1.165) is 0 Å². The molecule has 0 fully saturated rings. The minimum atomic E-state index is -1.61. The number of aliphatic imine (C=N–C) groups is 1. The van der Waals surface area contributed by atoms with Crippen molar-refractivity contribution in [3.63, 3.8) is 0 Å². The van der Waals surface area contributed by atoms with Crippen molar-refractivity contribution in [2.45, 2.75) is 6.04 Å². The van der Waals surface area contributed by atoms with Crippen molar-refractivity contribution in [3.05, 3.63) is 64.7 Å². The van der Waals surface area contributed by atoms with Crippen molar-refractivity contribution >= 4 is 34.9 Å². The summed E-state index contributed by atoms with van der Waals surface area (Å²) in [6.45, 7) is 0. The Kier molecular flexibility index (Phi) is 15.0. The molecule has 3 rings (SSSR count). The van der Waals surface area contributed by atoms with Crippen molar-refractivity contribution in [2.75, 3.05) is 5.32 Å². The molecule has 1 heterocycles. The normalized spacial score (nSPS) is 14.4. The number of benzodiazepines with no additional fused rings is 1. The van der Waals surface area contributed by atoms with Crippen molar-refractivity contribution in [1.82, 2.24) is 0 Å². The largest absolute Gasteiger partial charge is 1.00 e. The first-order chi connectivity index (χ1) is 10.6. The molecular weight excluding hydrogens is 461 g/mol. The molecule has 1 aliphatic rings. The molecule has 2 N–H and O–H groups in total. The number of carbonyl (C=O) groups excluding carboxylic acids is 2. The van der Waals surface area contributed by atoms with E-state index in [-0.39, 0.29) is 125 Å². The molecule has 0 bridgehead atoms. The first-order valence-corrected chi connectivity index (χ1v) is 6.89. The van der Waals surface area contributed by atoms with Crippen LogP contribution in [-0.2, 0) is 26.7 Å². The molecule has 1 unspecified atom stereocenters. The number of carbonyl (C=O) groups is 2. The Morgan fingerprint density at radius 3 is 2.31 bits per heavy atom. The van der Waals surface area contributed by atoms with E-state index in [0.29, 0.717) is 27.5 Å². The van der Waals surface area contributed by atoms with E-state index < -0.39 is 17.9 Å². The molecule has 1 atom stereocenters. The number of hydrogen-bond acceptors (Lipinski definition) is 5. The summed E-state index contributed by atoms with van der Waals surface area (Å²) in [7, 11) is 0. The summed E-state index contributed by atoms with van der Waals surface area (Å²) in [5, 5.41) is 14.2. The first kappa shape index (κ1) is 29.3. The topological polar surface area (TPSA) is 112 Å². The van der Waals surface area contributed by atoms with Gasteiger partial charge in [-0.05, 0) is 18.2 Å². The second-order valence-corrected chi connectivity index (χ2v) is 5.18. The third-order valence-corrected chi connectivity index (χ3v) is 3.51. The van der Waals surface area contributed by atoms with E-state index in [1.807, 2.05) is 6.07 Å². The van der Waals surface area contributed by atoms with Gasteiger partial charge in [-0.1, -0.05) is 41.9 Å². The Morgan fingerprint density at radius 2 is 1.73 bits per heavy atom. The van der Waals surface area contributed by atoms with Crippen molar-refractivity contribution < 1.29 is 140 Å². The van der Waals surface area contributed by atoms with Crippen LogP contribution in [0.2, 0.25) is 5.02 Å². The summed E-state index contributed by atoms with van der Waals surface area (Å²) in [4.78, 5) is 27.3. The van der Waals surface area contributed by atoms with E-state index in [2.05, 4.69) is 10.3 Å². The zero-order valence-corrected chi connectivity index (χ0v) is 21.9. The molecule has 26 heavy (non-hydrogen) atoms. The number of rotatable bonds is 2. The number of carboxylic acids is 1. The number of fused-ring (bicyclic) bond motifs is 1. The standard InChI is InChI=1S/C16H11ClN2O3.Cu.2K.H2O/c17-10-6-7-12-11(8-10)13(9-4-2-1-3-5-9)19-14(16(21)22)15(20)18-12;;;;/h1-8,14H,(H,18,20)(H,21,22);;;;1H2/q;;2*+1;/p-2. The van der Waals surface area contributed by atoms with Gasteiger partial charge < -0.3 is 20.7 Å². The molecule has 2 aromatic carbocycles. The van der Waals surface area contributed by atoms with E-state index in [9.17, 15) is 14.7 Å². The number of nitrogens with zero attached hydrogens (tertiary/aromatic N) is 1. The van der Waals surface area contributed by atoms with E-state index >= 15 is 0 Å². The molecule has 10 heteroatoms. The molecule has 1 amide bonds. The Hall–Kier alpha value is 1.09. The molecule has 0 aromatic heterocycles. The summed E-state index contributed by atoms with van der Waals surface area (Å²) < 4.78 is 0. The smallest absolute Gasteiger partial charge is 0.870 e. The second-order valence-electron chi connectivity index (χ2n) is 4.74. The molecule has 0 spiro atoms. The van der Waals surface area contributed by atoms with Crippen molar-refractivity contribution in [3.8, 4) is 0 Å². The van der Waals surface area contributed by atoms with Gasteiger partial charge in [0.2, 0.25) is 0 Å². The maximum Gasteiger partial charge on any atom is 1.00 e. The van der Waals surface area contributed by atoms with Gasteiger partial charge in [0.15, 0.2) is 6.04 Å². The van der Waals surface area contributed by atoms with Crippen LogP contribution in [0.5, 0.6) is 0 Å². The fraction of sp³-hybridized carbons (Fsp3) is 0.0625. The molecule has 2 aromatic rings. The summed E-state index contributed by atoms with van der Waals surface area (Å²) in [6, 6.07) is 12.3. The van der Waals surface area contributed by atoms with Gasteiger partial charge in [0, 0.05) is 33.2 Å². The van der Waals surface area contributed by atoms with Crippen LogP contribution < -0.4 is 113 Å². The average molecular weight is 472 g/mol. The van der Waals surface area contributed by atoms with Crippen LogP contribution in [0.4, 0.5) is 5.69 Å². The maximum absolute atomic E-state index is 12.0. The van der Waals surface area contributed by atoms with Gasteiger partial charge in [-0.25, -0.2) is 0 Å². The van der Waals surface area contributed by atoms with Crippen LogP contribution in [0, 0.1) is 0 Å². The van der Waals surface area contributed by atoms with Crippen LogP contribution in [0.15, 0.2) is 53.5 Å². The molecule has 0 saturated heterocycles. The fourth-order valence-corrected chi connectivity index (χ4v) is 2.44. The summed E-state index contributed by atoms with van der Waals surface area (Å²) in [5.41, 5.74) is 2.09. The van der Waals surface area contributed by atoms with E-state index in [1.54, 1.807) is 42.5 Å². The Morgan fingerprint density at radius 1 is 1.12 bits per heavy atom. The van der Waals surface area contributed by atoms with Gasteiger partial charge in [-0.3, -0.25) is 9.79 Å². The number of hydrogen-bond donors (Lipinski definition) is 1. The zero-order chi connectivity index (χ0) is 15.7. The summed E-state index contributed by atoms with van der Waals surface area (Å²) in [6.07, 6.45) is 0. The summed E-state index contributed by atoms with van der Waals surface area (Å²) >= 11 is 6.02. The minimum Gasteiger partial charge on any atom is -0.870 e. The van der Waals surface area contributed by atoms with Crippen LogP contribution >= 0.6 is 11.6 Å². The predicted molar refractivity (Wildman–Crippen MR) is 82.9 cm³/mol. The number of halogens is 1. The predicted octanol–water partition coefficient (Wildman–Crippen LogP) is -4.92.